The number of alkyl halides is 1. The number of fused-ring (bicyclic) bond motifs is 1. The summed E-state index contributed by atoms with van der Waals surface area (Å²) in [5.41, 5.74) is 6.43. The van der Waals surface area contributed by atoms with Crippen molar-refractivity contribution in [1.82, 2.24) is 0 Å². The molecule has 0 aliphatic carbocycles. The molecule has 0 N–H and O–H groups in total. The first-order valence-corrected chi connectivity index (χ1v) is 8.03. The van der Waals surface area contributed by atoms with E-state index < -0.39 is 0 Å². The van der Waals surface area contributed by atoms with E-state index in [0.29, 0.717) is 0 Å². The molecular weight excluding hydrogens is 280 g/mol. The fourth-order valence-corrected chi connectivity index (χ4v) is 3.21. The second-order valence-electron chi connectivity index (χ2n) is 5.92. The van der Waals surface area contributed by atoms with Crippen LogP contribution in [0.1, 0.15) is 39.6 Å². The third-order valence-electron chi connectivity index (χ3n) is 4.20. The van der Waals surface area contributed by atoms with Gasteiger partial charge in [-0.15, -0.1) is 11.6 Å². The van der Waals surface area contributed by atoms with Crippen LogP contribution in [-0.4, -0.2) is 6.61 Å². The fourth-order valence-electron chi connectivity index (χ4n) is 2.91. The number of aryl methyl sites for hydroxylation is 3. The minimum Gasteiger partial charge on any atom is -0.493 e. The Bertz CT molecular complexity index is 648. The summed E-state index contributed by atoms with van der Waals surface area (Å²) in [7, 11) is 0. The number of hydrogen-bond donors (Lipinski definition) is 0. The molecule has 2 aromatic carbocycles. The van der Waals surface area contributed by atoms with E-state index >= 15 is 0 Å². The van der Waals surface area contributed by atoms with Gasteiger partial charge in [0.1, 0.15) is 5.75 Å². The van der Waals surface area contributed by atoms with Crippen molar-refractivity contribution in [3.63, 3.8) is 0 Å². The third-order valence-corrected chi connectivity index (χ3v) is 4.60. The molecule has 0 amide bonds. The van der Waals surface area contributed by atoms with Crippen molar-refractivity contribution in [3.05, 3.63) is 64.2 Å². The van der Waals surface area contributed by atoms with Gasteiger partial charge in [-0.1, -0.05) is 35.9 Å². The zero-order chi connectivity index (χ0) is 14.8. The molecule has 0 spiro atoms. The lowest BCUT2D eigenvalue weighted by Gasteiger charge is -2.19. The van der Waals surface area contributed by atoms with E-state index in [9.17, 15) is 0 Å². The van der Waals surface area contributed by atoms with Crippen molar-refractivity contribution in [2.45, 2.75) is 38.5 Å². The lowest BCUT2D eigenvalue weighted by Crippen LogP contribution is -2.09. The molecule has 1 unspecified atom stereocenters. The van der Waals surface area contributed by atoms with Gasteiger partial charge in [-0.05, 0) is 61.4 Å². The van der Waals surface area contributed by atoms with E-state index in [4.69, 9.17) is 16.3 Å². The van der Waals surface area contributed by atoms with Crippen LogP contribution in [0.15, 0.2) is 36.4 Å². The molecule has 1 aliphatic rings. The molecule has 0 aromatic heterocycles. The van der Waals surface area contributed by atoms with Gasteiger partial charge in [0.05, 0.1) is 12.0 Å². The van der Waals surface area contributed by atoms with Crippen molar-refractivity contribution < 1.29 is 4.74 Å². The molecule has 0 bridgehead atoms. The van der Waals surface area contributed by atoms with Gasteiger partial charge in [-0.25, -0.2) is 0 Å². The summed E-state index contributed by atoms with van der Waals surface area (Å²) in [6.45, 7) is 5.11. The van der Waals surface area contributed by atoms with Gasteiger partial charge in [0.25, 0.3) is 0 Å². The van der Waals surface area contributed by atoms with Crippen molar-refractivity contribution in [3.8, 4) is 5.75 Å². The second-order valence-corrected chi connectivity index (χ2v) is 6.45. The molecule has 0 saturated heterocycles. The van der Waals surface area contributed by atoms with Gasteiger partial charge in [0, 0.05) is 0 Å². The fraction of sp³-hybridized carbons (Fsp3) is 0.368. The first-order valence-electron chi connectivity index (χ1n) is 7.59. The van der Waals surface area contributed by atoms with E-state index in [1.165, 1.54) is 27.8 Å². The highest BCUT2D eigenvalue weighted by Crippen LogP contribution is 2.32. The van der Waals surface area contributed by atoms with Crippen LogP contribution in [0.25, 0.3) is 0 Å². The van der Waals surface area contributed by atoms with Crippen LogP contribution < -0.4 is 4.74 Å². The Balaban J connectivity index is 1.82. The van der Waals surface area contributed by atoms with Crippen LogP contribution in [0.4, 0.5) is 0 Å². The smallest absolute Gasteiger partial charge is 0.122 e. The number of benzene rings is 2. The molecular formula is C19H21ClO. The molecule has 0 saturated carbocycles. The van der Waals surface area contributed by atoms with Crippen molar-refractivity contribution >= 4 is 11.6 Å². The zero-order valence-corrected chi connectivity index (χ0v) is 13.4. The molecule has 2 heteroatoms. The highest BCUT2D eigenvalue weighted by atomic mass is 35.5. The third kappa shape index (κ3) is 3.24. The monoisotopic (exact) mass is 300 g/mol. The summed E-state index contributed by atoms with van der Waals surface area (Å²) in [6, 6.07) is 13.0. The molecule has 2 aromatic rings. The molecule has 110 valence electrons. The Kier molecular flexibility index (Phi) is 4.21. The van der Waals surface area contributed by atoms with E-state index in [1.807, 2.05) is 0 Å². The topological polar surface area (TPSA) is 9.23 Å². The molecule has 0 radical (unpaired) electrons. The second kappa shape index (κ2) is 6.11. The largest absolute Gasteiger partial charge is 0.493 e. The van der Waals surface area contributed by atoms with Gasteiger partial charge in [0.2, 0.25) is 0 Å². The first kappa shape index (κ1) is 14.5. The first-order chi connectivity index (χ1) is 10.1. The summed E-state index contributed by atoms with van der Waals surface area (Å²) in [4.78, 5) is 0. The molecule has 0 fully saturated rings. The van der Waals surface area contributed by atoms with Crippen LogP contribution in [0.3, 0.4) is 0 Å². The molecule has 21 heavy (non-hydrogen) atoms. The summed E-state index contributed by atoms with van der Waals surface area (Å²) in [5.74, 6) is 1.03. The lowest BCUT2D eigenvalue weighted by molar-refractivity contribution is 0.288. The van der Waals surface area contributed by atoms with Gasteiger partial charge >= 0.3 is 0 Å². The van der Waals surface area contributed by atoms with Crippen molar-refractivity contribution in [1.29, 1.82) is 0 Å². The number of halogens is 1. The van der Waals surface area contributed by atoms with E-state index in [1.54, 1.807) is 0 Å². The van der Waals surface area contributed by atoms with Crippen LogP contribution in [0.2, 0.25) is 0 Å². The Morgan fingerprint density at radius 1 is 1.14 bits per heavy atom. The van der Waals surface area contributed by atoms with Gasteiger partial charge in [0.15, 0.2) is 0 Å². The summed E-state index contributed by atoms with van der Waals surface area (Å²) < 4.78 is 5.67. The quantitative estimate of drug-likeness (QED) is 0.712. The molecule has 1 aliphatic heterocycles. The minimum atomic E-state index is 0.0118. The SMILES string of the molecule is Cc1ccc(C)c(CC(Cl)c2ccc3c(c2)CCCO3)c1. The van der Waals surface area contributed by atoms with Gasteiger partial charge in [-0.3, -0.25) is 0 Å². The molecule has 3 rings (SSSR count). The summed E-state index contributed by atoms with van der Waals surface area (Å²) >= 11 is 6.67. The van der Waals surface area contributed by atoms with E-state index in [0.717, 1.165) is 31.6 Å². The molecule has 1 heterocycles. The number of ether oxygens (including phenoxy) is 1. The van der Waals surface area contributed by atoms with Crippen molar-refractivity contribution in [2.24, 2.45) is 0 Å². The number of rotatable bonds is 3. The summed E-state index contributed by atoms with van der Waals surface area (Å²) in [6.07, 6.45) is 3.06. The predicted molar refractivity (Wildman–Crippen MR) is 88.5 cm³/mol. The molecule has 1 nitrogen and oxygen atoms in total. The van der Waals surface area contributed by atoms with Crippen molar-refractivity contribution in [2.75, 3.05) is 6.61 Å². The van der Waals surface area contributed by atoms with Crippen LogP contribution in [0.5, 0.6) is 5.75 Å². The van der Waals surface area contributed by atoms with E-state index in [-0.39, 0.29) is 5.38 Å². The maximum atomic E-state index is 6.67. The van der Waals surface area contributed by atoms with Crippen LogP contribution in [0, 0.1) is 13.8 Å². The van der Waals surface area contributed by atoms with Crippen LogP contribution in [-0.2, 0) is 12.8 Å². The lowest BCUT2D eigenvalue weighted by atomic mass is 9.96. The highest BCUT2D eigenvalue weighted by Gasteiger charge is 2.15. The molecule has 1 atom stereocenters. The predicted octanol–water partition coefficient (Wildman–Crippen LogP) is 5.15. The van der Waals surface area contributed by atoms with E-state index in [2.05, 4.69) is 50.2 Å². The van der Waals surface area contributed by atoms with Crippen LogP contribution >= 0.6 is 11.6 Å². The Labute approximate surface area is 131 Å². The Morgan fingerprint density at radius 2 is 2.00 bits per heavy atom. The Morgan fingerprint density at radius 3 is 2.86 bits per heavy atom. The normalized spacial score (nSPS) is 15.2. The summed E-state index contributed by atoms with van der Waals surface area (Å²) in [5, 5.41) is 0.0118. The maximum absolute atomic E-state index is 6.67. The average molecular weight is 301 g/mol. The Hall–Kier alpha value is -1.47. The average Bonchev–Trinajstić information content (AvgIpc) is 2.50. The standard InChI is InChI=1S/C19H21ClO/c1-13-5-6-14(2)17(10-13)12-18(20)15-7-8-19-16(11-15)4-3-9-21-19/h5-8,10-11,18H,3-4,9,12H2,1-2H3. The maximum Gasteiger partial charge on any atom is 0.122 e. The van der Waals surface area contributed by atoms with Gasteiger partial charge in [-0.2, -0.15) is 0 Å². The number of hydrogen-bond acceptors (Lipinski definition) is 1. The minimum absolute atomic E-state index is 0.0118. The zero-order valence-electron chi connectivity index (χ0n) is 12.7. The van der Waals surface area contributed by atoms with Gasteiger partial charge < -0.3 is 4.74 Å². The highest BCUT2D eigenvalue weighted by molar-refractivity contribution is 6.21.